The normalized spacial score (nSPS) is 17.9. The molecule has 2 nitrogen and oxygen atoms in total. The molecule has 3 heteroatoms. The van der Waals surface area contributed by atoms with Crippen LogP contribution in [0.3, 0.4) is 0 Å². The molecule has 3 aromatic rings. The highest BCUT2D eigenvalue weighted by Crippen LogP contribution is 2.30. The average molecular weight is 342 g/mol. The van der Waals surface area contributed by atoms with E-state index in [1.165, 1.54) is 22.0 Å². The lowest BCUT2D eigenvalue weighted by Gasteiger charge is -2.26. The third kappa shape index (κ3) is 2.41. The van der Waals surface area contributed by atoms with Gasteiger partial charge in [-0.3, -0.25) is 0 Å². The van der Waals surface area contributed by atoms with Crippen molar-refractivity contribution in [3.63, 3.8) is 0 Å². The van der Waals surface area contributed by atoms with E-state index in [2.05, 4.69) is 75.2 Å². The van der Waals surface area contributed by atoms with E-state index in [1.54, 1.807) is 0 Å². The van der Waals surface area contributed by atoms with Crippen LogP contribution in [0.4, 0.5) is 0 Å². The van der Waals surface area contributed by atoms with Crippen LogP contribution in [0.15, 0.2) is 59.2 Å². The van der Waals surface area contributed by atoms with Gasteiger partial charge in [0, 0.05) is 16.2 Å². The minimum atomic E-state index is 0.143. The van der Waals surface area contributed by atoms with Crippen molar-refractivity contribution >= 4 is 26.8 Å². The second-order valence-corrected chi connectivity index (χ2v) is 6.40. The maximum Gasteiger partial charge on any atom is 0.101 e. The molecule has 0 amide bonds. The molecule has 1 unspecified atom stereocenters. The smallest absolute Gasteiger partial charge is 0.101 e. The quantitative estimate of drug-likeness (QED) is 0.657. The molecule has 1 aliphatic heterocycles. The van der Waals surface area contributed by atoms with E-state index in [0.29, 0.717) is 0 Å². The third-order valence-corrected chi connectivity index (χ3v) is 4.68. The van der Waals surface area contributed by atoms with Gasteiger partial charge in [-0.25, -0.2) is 0 Å². The Morgan fingerprint density at radius 3 is 3.00 bits per heavy atom. The second-order valence-electron chi connectivity index (χ2n) is 5.48. The highest BCUT2D eigenvalue weighted by molar-refractivity contribution is 9.10. The number of nitrogens with zero attached hydrogens (tertiary/aromatic N) is 1. The lowest BCUT2D eigenvalue weighted by molar-refractivity contribution is 0.0314. The molecule has 0 N–H and O–H groups in total. The Kier molecular flexibility index (Phi) is 3.32. The highest BCUT2D eigenvalue weighted by atomic mass is 79.9. The van der Waals surface area contributed by atoms with Crippen LogP contribution < -0.4 is 0 Å². The Balaban J connectivity index is 1.71. The molecule has 0 bridgehead atoms. The van der Waals surface area contributed by atoms with E-state index in [1.807, 2.05) is 0 Å². The molecule has 0 saturated heterocycles. The fourth-order valence-electron chi connectivity index (χ4n) is 3.12. The summed E-state index contributed by atoms with van der Waals surface area (Å²) >= 11 is 3.56. The van der Waals surface area contributed by atoms with Gasteiger partial charge in [-0.15, -0.1) is 0 Å². The van der Waals surface area contributed by atoms with E-state index < -0.39 is 0 Å². The molecule has 21 heavy (non-hydrogen) atoms. The molecular weight excluding hydrogens is 326 g/mol. The second kappa shape index (κ2) is 5.32. The van der Waals surface area contributed by atoms with Gasteiger partial charge in [-0.05, 0) is 41.1 Å². The number of ether oxygens (including phenoxy) is 1. The summed E-state index contributed by atoms with van der Waals surface area (Å²) in [6.45, 7) is 1.67. The van der Waals surface area contributed by atoms with Crippen LogP contribution >= 0.6 is 15.9 Å². The van der Waals surface area contributed by atoms with Gasteiger partial charge >= 0.3 is 0 Å². The zero-order valence-corrected chi connectivity index (χ0v) is 13.2. The molecule has 2 aromatic carbocycles. The van der Waals surface area contributed by atoms with Crippen molar-refractivity contribution < 1.29 is 4.74 Å². The minimum Gasteiger partial charge on any atom is -0.371 e. The Labute approximate surface area is 132 Å². The zero-order chi connectivity index (χ0) is 14.2. The lowest BCUT2D eigenvalue weighted by atomic mass is 9.97. The van der Waals surface area contributed by atoms with Crippen molar-refractivity contribution in [1.29, 1.82) is 0 Å². The number of hydrogen-bond donors (Lipinski definition) is 0. The molecule has 0 spiro atoms. The SMILES string of the molecule is Brc1ccc2ccn(CC3OCCc4ccccc43)c2c1. The number of rotatable bonds is 2. The van der Waals surface area contributed by atoms with E-state index in [9.17, 15) is 0 Å². The number of hydrogen-bond acceptors (Lipinski definition) is 1. The summed E-state index contributed by atoms with van der Waals surface area (Å²) in [5.74, 6) is 0. The van der Waals surface area contributed by atoms with Gasteiger partial charge in [-0.2, -0.15) is 0 Å². The summed E-state index contributed by atoms with van der Waals surface area (Å²) in [4.78, 5) is 0. The van der Waals surface area contributed by atoms with E-state index >= 15 is 0 Å². The van der Waals surface area contributed by atoms with Crippen molar-refractivity contribution in [2.75, 3.05) is 6.61 Å². The van der Waals surface area contributed by atoms with Gasteiger partial charge in [0.25, 0.3) is 0 Å². The first kappa shape index (κ1) is 13.1. The van der Waals surface area contributed by atoms with Crippen molar-refractivity contribution in [1.82, 2.24) is 4.57 Å². The largest absolute Gasteiger partial charge is 0.371 e. The van der Waals surface area contributed by atoms with Crippen molar-refractivity contribution in [3.05, 3.63) is 70.3 Å². The number of fused-ring (bicyclic) bond motifs is 2. The molecule has 2 heterocycles. The van der Waals surface area contributed by atoms with Crippen LogP contribution in [0.1, 0.15) is 17.2 Å². The van der Waals surface area contributed by atoms with Gasteiger partial charge in [0.05, 0.1) is 13.2 Å². The van der Waals surface area contributed by atoms with Crippen LogP contribution in [-0.4, -0.2) is 11.2 Å². The van der Waals surface area contributed by atoms with Crippen molar-refractivity contribution in [2.24, 2.45) is 0 Å². The first-order chi connectivity index (χ1) is 10.3. The van der Waals surface area contributed by atoms with Gasteiger partial charge in [0.1, 0.15) is 6.10 Å². The molecule has 1 atom stereocenters. The van der Waals surface area contributed by atoms with Gasteiger partial charge in [0.15, 0.2) is 0 Å². The number of benzene rings is 2. The molecule has 0 fully saturated rings. The lowest BCUT2D eigenvalue weighted by Crippen LogP contribution is -2.20. The van der Waals surface area contributed by atoms with E-state index in [0.717, 1.165) is 24.0 Å². The molecule has 0 saturated carbocycles. The summed E-state index contributed by atoms with van der Waals surface area (Å²) < 4.78 is 9.42. The number of halogens is 1. The van der Waals surface area contributed by atoms with Gasteiger partial charge in [-0.1, -0.05) is 46.3 Å². The molecule has 1 aromatic heterocycles. The van der Waals surface area contributed by atoms with Crippen LogP contribution in [0, 0.1) is 0 Å². The minimum absolute atomic E-state index is 0.143. The molecule has 106 valence electrons. The first-order valence-corrected chi connectivity index (χ1v) is 8.04. The molecule has 0 radical (unpaired) electrons. The topological polar surface area (TPSA) is 14.2 Å². The zero-order valence-electron chi connectivity index (χ0n) is 11.6. The monoisotopic (exact) mass is 341 g/mol. The number of aromatic nitrogens is 1. The van der Waals surface area contributed by atoms with Gasteiger partial charge in [0.2, 0.25) is 0 Å². The summed E-state index contributed by atoms with van der Waals surface area (Å²) in [6, 6.07) is 17.2. The van der Waals surface area contributed by atoms with Crippen LogP contribution in [-0.2, 0) is 17.7 Å². The maximum atomic E-state index is 6.02. The average Bonchev–Trinajstić information content (AvgIpc) is 2.90. The van der Waals surface area contributed by atoms with Crippen LogP contribution in [0.25, 0.3) is 10.9 Å². The van der Waals surface area contributed by atoms with E-state index in [4.69, 9.17) is 4.74 Å². The first-order valence-electron chi connectivity index (χ1n) is 7.25. The molecular formula is C18H16BrNO. The third-order valence-electron chi connectivity index (χ3n) is 4.19. The van der Waals surface area contributed by atoms with Crippen LogP contribution in [0.2, 0.25) is 0 Å². The Morgan fingerprint density at radius 1 is 1.14 bits per heavy atom. The maximum absolute atomic E-state index is 6.02. The fourth-order valence-corrected chi connectivity index (χ4v) is 3.47. The fraction of sp³-hybridized carbons (Fsp3) is 0.222. The van der Waals surface area contributed by atoms with Crippen molar-refractivity contribution in [2.45, 2.75) is 19.1 Å². The molecule has 0 aliphatic carbocycles. The van der Waals surface area contributed by atoms with Gasteiger partial charge < -0.3 is 9.30 Å². The van der Waals surface area contributed by atoms with E-state index in [-0.39, 0.29) is 6.10 Å². The summed E-state index contributed by atoms with van der Waals surface area (Å²) in [5.41, 5.74) is 4.00. The summed E-state index contributed by atoms with van der Waals surface area (Å²) in [6.07, 6.45) is 3.31. The highest BCUT2D eigenvalue weighted by Gasteiger charge is 2.21. The Hall–Kier alpha value is -1.58. The Morgan fingerprint density at radius 2 is 2.05 bits per heavy atom. The predicted octanol–water partition coefficient (Wildman–Crippen LogP) is 4.72. The Bertz CT molecular complexity index is 793. The summed E-state index contributed by atoms with van der Waals surface area (Å²) in [7, 11) is 0. The molecule has 1 aliphatic rings. The standard InChI is InChI=1S/C18H16BrNO/c19-15-6-5-14-7-9-20(17(14)11-15)12-18-16-4-2-1-3-13(16)8-10-21-18/h1-7,9,11,18H,8,10,12H2. The predicted molar refractivity (Wildman–Crippen MR) is 88.5 cm³/mol. The molecule has 4 rings (SSSR count). The van der Waals surface area contributed by atoms with Crippen molar-refractivity contribution in [3.8, 4) is 0 Å². The summed E-state index contributed by atoms with van der Waals surface area (Å²) in [5, 5.41) is 1.27. The van der Waals surface area contributed by atoms with Crippen LogP contribution in [0.5, 0.6) is 0 Å².